The normalized spacial score (nSPS) is 21.4. The molecule has 0 aromatic carbocycles. The number of carbonyl (C=O) groups excluding carboxylic acids is 1. The van der Waals surface area contributed by atoms with Gasteiger partial charge in [-0.3, -0.25) is 9.69 Å². The third-order valence-corrected chi connectivity index (χ3v) is 3.32. The molecule has 2 N–H and O–H groups in total. The highest BCUT2D eigenvalue weighted by atomic mass is 16.5. The van der Waals surface area contributed by atoms with E-state index in [9.17, 15) is 9.59 Å². The van der Waals surface area contributed by atoms with Crippen LogP contribution in [0.3, 0.4) is 0 Å². The molecular formula is C13H18N2O5. The summed E-state index contributed by atoms with van der Waals surface area (Å²) in [6, 6.07) is 3.13. The molecular weight excluding hydrogens is 264 g/mol. The molecule has 1 saturated heterocycles. The van der Waals surface area contributed by atoms with Crippen LogP contribution in [0.4, 0.5) is 0 Å². The Hall–Kier alpha value is -1.86. The van der Waals surface area contributed by atoms with Crippen LogP contribution in [-0.4, -0.2) is 53.7 Å². The van der Waals surface area contributed by atoms with Crippen molar-refractivity contribution in [3.8, 4) is 0 Å². The van der Waals surface area contributed by atoms with Crippen LogP contribution >= 0.6 is 0 Å². The molecule has 1 aromatic rings. The average Bonchev–Trinajstić information content (AvgIpc) is 2.97. The van der Waals surface area contributed by atoms with Gasteiger partial charge in [-0.15, -0.1) is 0 Å². The molecule has 1 aromatic heterocycles. The number of hydrogen-bond acceptors (Lipinski definition) is 5. The maximum Gasteiger partial charge on any atom is 0.334 e. The van der Waals surface area contributed by atoms with Gasteiger partial charge in [0.05, 0.1) is 25.5 Å². The Morgan fingerprint density at radius 1 is 1.60 bits per heavy atom. The zero-order valence-corrected chi connectivity index (χ0v) is 11.2. The number of carboxylic acid groups (broad SMARTS) is 1. The summed E-state index contributed by atoms with van der Waals surface area (Å²) < 4.78 is 10.3. The lowest BCUT2D eigenvalue weighted by Gasteiger charge is -2.34. The second-order valence-corrected chi connectivity index (χ2v) is 4.67. The number of amides is 1. The van der Waals surface area contributed by atoms with Gasteiger partial charge in [0.25, 0.3) is 0 Å². The third kappa shape index (κ3) is 3.58. The average molecular weight is 282 g/mol. The highest BCUT2D eigenvalue weighted by Gasteiger charge is 2.31. The molecule has 0 bridgehead atoms. The van der Waals surface area contributed by atoms with Crippen molar-refractivity contribution in [1.82, 2.24) is 10.2 Å². The van der Waals surface area contributed by atoms with Crippen molar-refractivity contribution in [3.05, 3.63) is 24.2 Å². The molecule has 0 spiro atoms. The van der Waals surface area contributed by atoms with Crippen molar-refractivity contribution >= 4 is 11.9 Å². The van der Waals surface area contributed by atoms with Crippen molar-refractivity contribution in [3.63, 3.8) is 0 Å². The number of morpholine rings is 1. The summed E-state index contributed by atoms with van der Waals surface area (Å²) in [6.45, 7) is 3.14. The van der Waals surface area contributed by atoms with E-state index in [2.05, 4.69) is 5.32 Å². The molecule has 2 atom stereocenters. The molecule has 110 valence electrons. The first kappa shape index (κ1) is 14.5. The molecule has 0 saturated carbocycles. The van der Waals surface area contributed by atoms with E-state index in [4.69, 9.17) is 14.3 Å². The van der Waals surface area contributed by atoms with E-state index in [1.54, 1.807) is 30.2 Å². The Morgan fingerprint density at radius 3 is 3.05 bits per heavy atom. The Bertz CT molecular complexity index is 459. The van der Waals surface area contributed by atoms with Crippen LogP contribution in [0, 0.1) is 0 Å². The Balaban J connectivity index is 1.84. The fourth-order valence-corrected chi connectivity index (χ4v) is 2.07. The number of carbonyl (C=O) groups is 2. The standard InChI is InChI=1S/C13H18N2O5/c1-9(12(16)14-7-10-3-2-5-19-10)15-4-6-20-11(8-15)13(17)18/h2-3,5,9,11H,4,6-8H2,1H3,(H,14,16)(H,17,18). The minimum atomic E-state index is -1.00. The molecule has 1 amide bonds. The number of ether oxygens (including phenoxy) is 1. The third-order valence-electron chi connectivity index (χ3n) is 3.32. The van der Waals surface area contributed by atoms with E-state index in [1.165, 1.54) is 0 Å². The van der Waals surface area contributed by atoms with Crippen molar-refractivity contribution in [2.45, 2.75) is 25.6 Å². The first-order valence-corrected chi connectivity index (χ1v) is 6.46. The first-order chi connectivity index (χ1) is 9.58. The lowest BCUT2D eigenvalue weighted by Crippen LogP contribution is -2.53. The number of nitrogens with one attached hydrogen (secondary N) is 1. The van der Waals surface area contributed by atoms with Crippen molar-refractivity contribution < 1.29 is 23.8 Å². The van der Waals surface area contributed by atoms with Crippen molar-refractivity contribution in [2.24, 2.45) is 0 Å². The number of rotatable bonds is 5. The van der Waals surface area contributed by atoms with Gasteiger partial charge in [0, 0.05) is 13.1 Å². The van der Waals surface area contributed by atoms with E-state index < -0.39 is 18.1 Å². The number of hydrogen-bond donors (Lipinski definition) is 2. The van der Waals surface area contributed by atoms with Crippen LogP contribution in [0.2, 0.25) is 0 Å². The fourth-order valence-electron chi connectivity index (χ4n) is 2.07. The highest BCUT2D eigenvalue weighted by molar-refractivity contribution is 5.81. The van der Waals surface area contributed by atoms with Gasteiger partial charge in [0.15, 0.2) is 6.10 Å². The van der Waals surface area contributed by atoms with Gasteiger partial charge in [-0.1, -0.05) is 0 Å². The minimum Gasteiger partial charge on any atom is -0.479 e. The Kier molecular flexibility index (Phi) is 4.75. The summed E-state index contributed by atoms with van der Waals surface area (Å²) in [5.74, 6) is -0.485. The summed E-state index contributed by atoms with van der Waals surface area (Å²) in [6.07, 6.45) is 0.675. The van der Waals surface area contributed by atoms with Crippen LogP contribution in [-0.2, 0) is 20.9 Å². The van der Waals surface area contributed by atoms with Crippen LogP contribution in [0.15, 0.2) is 22.8 Å². The molecule has 0 aliphatic carbocycles. The number of nitrogens with zero attached hydrogens (tertiary/aromatic N) is 1. The molecule has 7 heteroatoms. The second kappa shape index (κ2) is 6.53. The van der Waals surface area contributed by atoms with Gasteiger partial charge in [-0.2, -0.15) is 0 Å². The summed E-state index contributed by atoms with van der Waals surface area (Å²) in [4.78, 5) is 24.7. The van der Waals surface area contributed by atoms with Crippen molar-refractivity contribution in [1.29, 1.82) is 0 Å². The zero-order chi connectivity index (χ0) is 14.5. The molecule has 2 heterocycles. The number of aliphatic carboxylic acids is 1. The summed E-state index contributed by atoms with van der Waals surface area (Å²) in [5, 5.41) is 11.7. The van der Waals surface area contributed by atoms with Crippen LogP contribution in [0.5, 0.6) is 0 Å². The van der Waals surface area contributed by atoms with Crippen LogP contribution < -0.4 is 5.32 Å². The Labute approximate surface area is 116 Å². The van der Waals surface area contributed by atoms with Gasteiger partial charge < -0.3 is 19.6 Å². The van der Waals surface area contributed by atoms with E-state index in [-0.39, 0.29) is 12.5 Å². The summed E-state index contributed by atoms with van der Waals surface area (Å²) in [5.41, 5.74) is 0. The smallest absolute Gasteiger partial charge is 0.334 e. The molecule has 1 fully saturated rings. The molecule has 1 aliphatic rings. The first-order valence-electron chi connectivity index (χ1n) is 6.46. The largest absolute Gasteiger partial charge is 0.479 e. The van der Waals surface area contributed by atoms with Gasteiger partial charge in [-0.25, -0.2) is 4.79 Å². The van der Waals surface area contributed by atoms with Crippen LogP contribution in [0.1, 0.15) is 12.7 Å². The van der Waals surface area contributed by atoms with E-state index in [1.807, 2.05) is 0 Å². The minimum absolute atomic E-state index is 0.160. The lowest BCUT2D eigenvalue weighted by molar-refractivity contribution is -0.158. The van der Waals surface area contributed by atoms with Gasteiger partial charge >= 0.3 is 5.97 Å². The van der Waals surface area contributed by atoms with Crippen molar-refractivity contribution in [2.75, 3.05) is 19.7 Å². The number of carboxylic acids is 1. The van der Waals surface area contributed by atoms with E-state index in [0.29, 0.717) is 25.5 Å². The molecule has 20 heavy (non-hydrogen) atoms. The number of furan rings is 1. The predicted molar refractivity (Wildman–Crippen MR) is 69.0 cm³/mol. The van der Waals surface area contributed by atoms with E-state index in [0.717, 1.165) is 0 Å². The Morgan fingerprint density at radius 2 is 2.40 bits per heavy atom. The van der Waals surface area contributed by atoms with Gasteiger partial charge in [0.1, 0.15) is 5.76 Å². The monoisotopic (exact) mass is 282 g/mol. The van der Waals surface area contributed by atoms with Gasteiger partial charge in [-0.05, 0) is 19.1 Å². The summed E-state index contributed by atoms with van der Waals surface area (Å²) >= 11 is 0. The predicted octanol–water partition coefficient (Wildman–Crippen LogP) is 0.0697. The fraction of sp³-hybridized carbons (Fsp3) is 0.538. The summed E-state index contributed by atoms with van der Waals surface area (Å²) in [7, 11) is 0. The highest BCUT2D eigenvalue weighted by Crippen LogP contribution is 2.10. The topological polar surface area (TPSA) is 92.0 Å². The maximum absolute atomic E-state index is 12.0. The lowest BCUT2D eigenvalue weighted by atomic mass is 10.2. The molecule has 2 unspecified atom stereocenters. The van der Waals surface area contributed by atoms with E-state index >= 15 is 0 Å². The maximum atomic E-state index is 12.0. The SMILES string of the molecule is CC(C(=O)NCc1ccco1)N1CCOC(C(=O)O)C1. The van der Waals surface area contributed by atoms with Gasteiger partial charge in [0.2, 0.25) is 5.91 Å². The molecule has 2 rings (SSSR count). The molecule has 1 aliphatic heterocycles. The molecule has 7 nitrogen and oxygen atoms in total. The van der Waals surface area contributed by atoms with Crippen LogP contribution in [0.25, 0.3) is 0 Å². The molecule has 0 radical (unpaired) electrons. The zero-order valence-electron chi connectivity index (χ0n) is 11.2. The quantitative estimate of drug-likeness (QED) is 0.794. The second-order valence-electron chi connectivity index (χ2n) is 4.67.